The average molecular weight is 340 g/mol. The van der Waals surface area contributed by atoms with E-state index in [2.05, 4.69) is 19.5 Å². The topological polar surface area (TPSA) is 86.1 Å². The first-order valence-electron chi connectivity index (χ1n) is 6.86. The summed E-state index contributed by atoms with van der Waals surface area (Å²) in [5.41, 5.74) is 1.02. The Morgan fingerprint density at radius 2 is 2.30 bits per heavy atom. The zero-order chi connectivity index (χ0) is 17.0. The molecule has 1 aliphatic heterocycles. The molecule has 1 fully saturated rings. The monoisotopic (exact) mass is 340 g/mol. The lowest BCUT2D eigenvalue weighted by atomic mass is 10.2. The predicted molar refractivity (Wildman–Crippen MR) is 80.7 cm³/mol. The number of amides is 2. The normalized spacial score (nSPS) is 19.2. The van der Waals surface area contributed by atoms with Gasteiger partial charge in [-0.25, -0.2) is 8.78 Å². The van der Waals surface area contributed by atoms with E-state index in [-0.39, 0.29) is 0 Å². The van der Waals surface area contributed by atoms with Crippen LogP contribution >= 0.6 is 9.24 Å². The smallest absolute Gasteiger partial charge is 0.268 e. The van der Waals surface area contributed by atoms with Gasteiger partial charge in [0.1, 0.15) is 6.04 Å². The standard InChI is InChI=1S/C14H15F2N4O2P/c15-14(16)4-11(5-17)20(8-14)12(21)6-19-13(22)9-1-2-18-10(3-9)7-23/h1-3,11H,4,6-8,23H2,(H,19,22). The van der Waals surface area contributed by atoms with Gasteiger partial charge < -0.3 is 10.2 Å². The molecule has 2 rings (SSSR count). The zero-order valence-corrected chi connectivity index (χ0v) is 13.3. The molecule has 2 atom stereocenters. The van der Waals surface area contributed by atoms with Crippen molar-refractivity contribution in [3.63, 3.8) is 0 Å². The lowest BCUT2D eigenvalue weighted by Gasteiger charge is -2.19. The van der Waals surface area contributed by atoms with Gasteiger partial charge in [-0.1, -0.05) is 0 Å². The minimum atomic E-state index is -3.07. The van der Waals surface area contributed by atoms with E-state index in [0.29, 0.717) is 17.4 Å². The van der Waals surface area contributed by atoms with Crippen molar-refractivity contribution in [1.29, 1.82) is 5.26 Å². The molecule has 1 saturated heterocycles. The van der Waals surface area contributed by atoms with Gasteiger partial charge in [-0.05, 0) is 12.1 Å². The fraction of sp³-hybridized carbons (Fsp3) is 0.429. The molecule has 1 aromatic heterocycles. The number of carbonyl (C=O) groups excluding carboxylic acids is 2. The van der Waals surface area contributed by atoms with Crippen molar-refractivity contribution >= 4 is 21.1 Å². The SMILES string of the molecule is N#CC1CC(F)(F)CN1C(=O)CNC(=O)c1ccnc(CP)c1. The van der Waals surface area contributed by atoms with E-state index in [1.807, 2.05) is 0 Å². The molecule has 0 aliphatic carbocycles. The van der Waals surface area contributed by atoms with Gasteiger partial charge >= 0.3 is 0 Å². The van der Waals surface area contributed by atoms with Crippen LogP contribution in [0.2, 0.25) is 0 Å². The van der Waals surface area contributed by atoms with E-state index in [9.17, 15) is 18.4 Å². The van der Waals surface area contributed by atoms with Gasteiger partial charge in [0.05, 0.1) is 19.2 Å². The van der Waals surface area contributed by atoms with Crippen molar-refractivity contribution in [2.24, 2.45) is 0 Å². The van der Waals surface area contributed by atoms with E-state index in [1.54, 1.807) is 12.1 Å². The predicted octanol–water partition coefficient (Wildman–Crippen LogP) is 0.946. The molecule has 2 heterocycles. The Balaban J connectivity index is 1.96. The molecular weight excluding hydrogens is 325 g/mol. The van der Waals surface area contributed by atoms with Gasteiger partial charge in [0.15, 0.2) is 0 Å². The highest BCUT2D eigenvalue weighted by Crippen LogP contribution is 2.31. The Morgan fingerprint density at radius 1 is 1.57 bits per heavy atom. The molecule has 9 heteroatoms. The minimum absolute atomic E-state index is 0.328. The van der Waals surface area contributed by atoms with E-state index in [0.717, 1.165) is 4.90 Å². The maximum absolute atomic E-state index is 13.3. The summed E-state index contributed by atoms with van der Waals surface area (Å²) in [7, 11) is 2.48. The maximum Gasteiger partial charge on any atom is 0.268 e. The van der Waals surface area contributed by atoms with Gasteiger partial charge in [-0.15, -0.1) is 9.24 Å². The number of aromatic nitrogens is 1. The summed E-state index contributed by atoms with van der Waals surface area (Å²) in [6.45, 7) is -1.24. The third-order valence-electron chi connectivity index (χ3n) is 3.43. The highest BCUT2D eigenvalue weighted by Gasteiger charge is 2.47. The van der Waals surface area contributed by atoms with Crippen LogP contribution < -0.4 is 5.32 Å². The van der Waals surface area contributed by atoms with Crippen molar-refractivity contribution in [1.82, 2.24) is 15.2 Å². The number of rotatable bonds is 4. The maximum atomic E-state index is 13.3. The molecule has 0 spiro atoms. The Hall–Kier alpha value is -2.13. The molecule has 0 aromatic carbocycles. The molecule has 122 valence electrons. The second-order valence-corrected chi connectivity index (χ2v) is 5.56. The average Bonchev–Trinajstić information content (AvgIpc) is 2.87. The molecule has 2 amide bonds. The second-order valence-electron chi connectivity index (χ2n) is 5.15. The molecule has 1 aliphatic rings. The first-order chi connectivity index (χ1) is 10.9. The number of halogens is 2. The van der Waals surface area contributed by atoms with Crippen molar-refractivity contribution in [3.05, 3.63) is 29.6 Å². The summed E-state index contributed by atoms with van der Waals surface area (Å²) in [5.74, 6) is -4.28. The summed E-state index contributed by atoms with van der Waals surface area (Å²) in [6, 6.07) is 3.59. The van der Waals surface area contributed by atoms with Gasteiger partial charge in [0.25, 0.3) is 11.8 Å². The third kappa shape index (κ3) is 4.20. The number of carbonyl (C=O) groups is 2. The molecule has 0 saturated carbocycles. The van der Waals surface area contributed by atoms with Crippen LogP contribution in [0.25, 0.3) is 0 Å². The fourth-order valence-electron chi connectivity index (χ4n) is 2.28. The number of nitrogens with one attached hydrogen (secondary N) is 1. The van der Waals surface area contributed by atoms with Crippen LogP contribution in [-0.4, -0.2) is 46.8 Å². The van der Waals surface area contributed by atoms with Crippen molar-refractivity contribution in [2.75, 3.05) is 13.1 Å². The Labute approximate surface area is 134 Å². The Bertz CT molecular complexity index is 662. The van der Waals surface area contributed by atoms with Crippen LogP contribution in [0.3, 0.4) is 0 Å². The summed E-state index contributed by atoms with van der Waals surface area (Å²) in [5, 5.41) is 11.2. The Kier molecular flexibility index (Phi) is 5.22. The van der Waals surface area contributed by atoms with Crippen LogP contribution in [-0.2, 0) is 11.0 Å². The van der Waals surface area contributed by atoms with Gasteiger partial charge in [-0.2, -0.15) is 5.26 Å². The molecule has 1 N–H and O–H groups in total. The lowest BCUT2D eigenvalue weighted by molar-refractivity contribution is -0.131. The van der Waals surface area contributed by atoms with E-state index in [4.69, 9.17) is 5.26 Å². The number of nitriles is 1. The molecule has 6 nitrogen and oxygen atoms in total. The molecule has 2 unspecified atom stereocenters. The number of nitrogens with zero attached hydrogens (tertiary/aromatic N) is 3. The van der Waals surface area contributed by atoms with Crippen LogP contribution in [0.15, 0.2) is 18.3 Å². The number of pyridine rings is 1. The molecule has 23 heavy (non-hydrogen) atoms. The second kappa shape index (κ2) is 6.97. The third-order valence-corrected chi connectivity index (χ3v) is 3.85. The van der Waals surface area contributed by atoms with E-state index >= 15 is 0 Å². The largest absolute Gasteiger partial charge is 0.343 e. The molecular formula is C14H15F2N4O2P. The van der Waals surface area contributed by atoms with E-state index in [1.165, 1.54) is 12.3 Å². The lowest BCUT2D eigenvalue weighted by Crippen LogP contribution is -2.42. The number of likely N-dealkylation sites (tertiary alicyclic amines) is 1. The molecule has 0 radical (unpaired) electrons. The quantitative estimate of drug-likeness (QED) is 0.827. The van der Waals surface area contributed by atoms with Crippen molar-refractivity contribution < 1.29 is 18.4 Å². The molecule has 1 aromatic rings. The zero-order valence-electron chi connectivity index (χ0n) is 12.1. The molecule has 0 bridgehead atoms. The summed E-state index contributed by atoms with van der Waals surface area (Å²) in [6.07, 6.45) is 1.38. The van der Waals surface area contributed by atoms with Crippen molar-refractivity contribution in [3.8, 4) is 6.07 Å². The van der Waals surface area contributed by atoms with Crippen LogP contribution in [0.4, 0.5) is 8.78 Å². The Morgan fingerprint density at radius 3 is 2.96 bits per heavy atom. The first kappa shape index (κ1) is 17.2. The van der Waals surface area contributed by atoms with Gasteiger partial charge in [-0.3, -0.25) is 14.6 Å². The number of hydrogen-bond acceptors (Lipinski definition) is 4. The highest BCUT2D eigenvalue weighted by atomic mass is 31.0. The van der Waals surface area contributed by atoms with Crippen LogP contribution in [0, 0.1) is 11.3 Å². The first-order valence-corrected chi connectivity index (χ1v) is 7.68. The van der Waals surface area contributed by atoms with Crippen LogP contribution in [0.1, 0.15) is 22.5 Å². The van der Waals surface area contributed by atoms with Crippen molar-refractivity contribution in [2.45, 2.75) is 24.5 Å². The number of alkyl halides is 2. The minimum Gasteiger partial charge on any atom is -0.343 e. The summed E-state index contributed by atoms with van der Waals surface area (Å²) in [4.78, 5) is 28.8. The summed E-state index contributed by atoms with van der Waals surface area (Å²) >= 11 is 0. The number of hydrogen-bond donors (Lipinski definition) is 1. The fourth-order valence-corrected chi connectivity index (χ4v) is 2.51. The summed E-state index contributed by atoms with van der Waals surface area (Å²) < 4.78 is 26.6. The van der Waals surface area contributed by atoms with Gasteiger partial charge in [0, 0.05) is 30.0 Å². The van der Waals surface area contributed by atoms with Crippen LogP contribution in [0.5, 0.6) is 0 Å². The van der Waals surface area contributed by atoms with Gasteiger partial charge in [0.2, 0.25) is 5.91 Å². The van der Waals surface area contributed by atoms with E-state index < -0.39 is 43.3 Å². The highest BCUT2D eigenvalue weighted by molar-refractivity contribution is 7.15.